The molecule has 0 saturated carbocycles. The summed E-state index contributed by atoms with van der Waals surface area (Å²) in [5.74, 6) is 0.371. The van der Waals surface area contributed by atoms with Crippen molar-refractivity contribution < 1.29 is 8.42 Å². The normalized spacial score (nSPS) is 13.8. The maximum Gasteiger partial charge on any atom is 0.218 e. The molecule has 1 unspecified atom stereocenters. The maximum atomic E-state index is 12.1. The van der Waals surface area contributed by atoms with Gasteiger partial charge in [-0.2, -0.15) is 0 Å². The van der Waals surface area contributed by atoms with Crippen LogP contribution in [0.3, 0.4) is 0 Å². The standard InChI is InChI=1S/C13H22N2O2S/c1-4-11(2)9-15(3)18(16,17)10-12-6-5-7-13(14)8-12/h5-8,11H,4,9-10,14H2,1-3H3. The molecule has 0 heterocycles. The average Bonchev–Trinajstić information content (AvgIpc) is 2.28. The highest BCUT2D eigenvalue weighted by atomic mass is 32.2. The molecule has 0 saturated heterocycles. The Morgan fingerprint density at radius 1 is 1.39 bits per heavy atom. The maximum absolute atomic E-state index is 12.1. The number of nitrogens with zero attached hydrogens (tertiary/aromatic N) is 1. The van der Waals surface area contributed by atoms with E-state index in [1.54, 1.807) is 31.3 Å². The van der Waals surface area contributed by atoms with Gasteiger partial charge in [-0.1, -0.05) is 32.4 Å². The Morgan fingerprint density at radius 3 is 2.61 bits per heavy atom. The van der Waals surface area contributed by atoms with Crippen LogP contribution in [0.2, 0.25) is 0 Å². The fourth-order valence-corrected chi connectivity index (χ4v) is 2.99. The Hall–Kier alpha value is -1.07. The molecule has 0 aliphatic rings. The zero-order valence-electron chi connectivity index (χ0n) is 11.3. The van der Waals surface area contributed by atoms with Gasteiger partial charge in [0.1, 0.15) is 0 Å². The molecule has 0 spiro atoms. The molecular formula is C13H22N2O2S. The molecule has 1 aromatic carbocycles. The number of hydrogen-bond donors (Lipinski definition) is 1. The van der Waals surface area contributed by atoms with E-state index in [1.165, 1.54) is 4.31 Å². The van der Waals surface area contributed by atoms with Gasteiger partial charge in [-0.25, -0.2) is 12.7 Å². The topological polar surface area (TPSA) is 63.4 Å². The molecule has 0 fully saturated rings. The minimum atomic E-state index is -3.26. The van der Waals surface area contributed by atoms with Crippen molar-refractivity contribution in [2.45, 2.75) is 26.0 Å². The molecule has 5 heteroatoms. The second-order valence-corrected chi connectivity index (χ2v) is 6.87. The monoisotopic (exact) mass is 270 g/mol. The van der Waals surface area contributed by atoms with Crippen LogP contribution in [0.5, 0.6) is 0 Å². The van der Waals surface area contributed by atoms with Crippen LogP contribution in [0.15, 0.2) is 24.3 Å². The largest absolute Gasteiger partial charge is 0.399 e. The van der Waals surface area contributed by atoms with Crippen molar-refractivity contribution in [3.63, 3.8) is 0 Å². The first-order chi connectivity index (χ1) is 8.35. The summed E-state index contributed by atoms with van der Waals surface area (Å²) in [4.78, 5) is 0. The number of benzene rings is 1. The Morgan fingerprint density at radius 2 is 2.06 bits per heavy atom. The summed E-state index contributed by atoms with van der Waals surface area (Å²) < 4.78 is 25.7. The van der Waals surface area contributed by atoms with Gasteiger partial charge in [-0.15, -0.1) is 0 Å². The zero-order valence-corrected chi connectivity index (χ0v) is 12.1. The molecule has 0 aliphatic carbocycles. The van der Waals surface area contributed by atoms with E-state index in [2.05, 4.69) is 6.92 Å². The van der Waals surface area contributed by atoms with Crippen LogP contribution in [-0.2, 0) is 15.8 Å². The molecule has 1 rings (SSSR count). The van der Waals surface area contributed by atoms with E-state index >= 15 is 0 Å². The molecule has 1 aromatic rings. The highest BCUT2D eigenvalue weighted by Crippen LogP contribution is 2.14. The number of nitrogen functional groups attached to an aromatic ring is 1. The molecule has 0 radical (unpaired) electrons. The number of sulfonamides is 1. The summed E-state index contributed by atoms with van der Waals surface area (Å²) >= 11 is 0. The van der Waals surface area contributed by atoms with Crippen LogP contribution in [0.25, 0.3) is 0 Å². The number of anilines is 1. The second-order valence-electron chi connectivity index (χ2n) is 4.80. The SMILES string of the molecule is CCC(C)CN(C)S(=O)(=O)Cc1cccc(N)c1. The van der Waals surface area contributed by atoms with Crippen molar-refractivity contribution >= 4 is 15.7 Å². The van der Waals surface area contributed by atoms with Gasteiger partial charge >= 0.3 is 0 Å². The Kier molecular flexibility index (Phi) is 5.16. The van der Waals surface area contributed by atoms with E-state index in [0.29, 0.717) is 18.2 Å². The molecule has 0 aromatic heterocycles. The van der Waals surface area contributed by atoms with Crippen LogP contribution in [0.4, 0.5) is 5.69 Å². The third-order valence-electron chi connectivity index (χ3n) is 3.04. The zero-order chi connectivity index (χ0) is 13.8. The highest BCUT2D eigenvalue weighted by Gasteiger charge is 2.19. The quantitative estimate of drug-likeness (QED) is 0.805. The third kappa shape index (κ3) is 4.31. The van der Waals surface area contributed by atoms with E-state index in [4.69, 9.17) is 5.73 Å². The van der Waals surface area contributed by atoms with Gasteiger partial charge in [0, 0.05) is 19.3 Å². The predicted molar refractivity (Wildman–Crippen MR) is 75.6 cm³/mol. The lowest BCUT2D eigenvalue weighted by Crippen LogP contribution is -2.32. The lowest BCUT2D eigenvalue weighted by molar-refractivity contribution is 0.393. The Balaban J connectivity index is 2.75. The first-order valence-electron chi connectivity index (χ1n) is 6.13. The van der Waals surface area contributed by atoms with Crippen molar-refractivity contribution in [2.24, 2.45) is 5.92 Å². The molecular weight excluding hydrogens is 248 g/mol. The van der Waals surface area contributed by atoms with E-state index in [9.17, 15) is 8.42 Å². The summed E-state index contributed by atoms with van der Waals surface area (Å²) in [5.41, 5.74) is 6.97. The summed E-state index contributed by atoms with van der Waals surface area (Å²) in [7, 11) is -1.62. The first-order valence-corrected chi connectivity index (χ1v) is 7.74. The smallest absolute Gasteiger partial charge is 0.218 e. The molecule has 102 valence electrons. The molecule has 2 N–H and O–H groups in total. The predicted octanol–water partition coefficient (Wildman–Crippen LogP) is 2.08. The van der Waals surface area contributed by atoms with Crippen molar-refractivity contribution in [3.05, 3.63) is 29.8 Å². The molecule has 18 heavy (non-hydrogen) atoms. The lowest BCUT2D eigenvalue weighted by atomic mass is 10.1. The van der Waals surface area contributed by atoms with Crippen LogP contribution in [-0.4, -0.2) is 26.3 Å². The van der Waals surface area contributed by atoms with Gasteiger partial charge in [-0.3, -0.25) is 0 Å². The molecule has 0 aliphatic heterocycles. The van der Waals surface area contributed by atoms with Crippen molar-refractivity contribution in [1.29, 1.82) is 0 Å². The lowest BCUT2D eigenvalue weighted by Gasteiger charge is -2.20. The molecule has 0 amide bonds. The van der Waals surface area contributed by atoms with Gasteiger partial charge in [0.15, 0.2) is 0 Å². The highest BCUT2D eigenvalue weighted by molar-refractivity contribution is 7.88. The van der Waals surface area contributed by atoms with Crippen molar-refractivity contribution in [3.8, 4) is 0 Å². The van der Waals surface area contributed by atoms with Crippen molar-refractivity contribution in [2.75, 3.05) is 19.3 Å². The van der Waals surface area contributed by atoms with Gasteiger partial charge in [0.05, 0.1) is 5.75 Å². The van der Waals surface area contributed by atoms with E-state index in [0.717, 1.165) is 12.0 Å². The molecule has 4 nitrogen and oxygen atoms in total. The Labute approximate surface area is 110 Å². The number of hydrogen-bond acceptors (Lipinski definition) is 3. The van der Waals surface area contributed by atoms with Crippen LogP contribution >= 0.6 is 0 Å². The Bertz CT molecular complexity index is 486. The summed E-state index contributed by atoms with van der Waals surface area (Å²) in [6.45, 7) is 4.66. The minimum absolute atomic E-state index is 0.00493. The fraction of sp³-hybridized carbons (Fsp3) is 0.538. The first kappa shape index (κ1) is 15.0. The van der Waals surface area contributed by atoms with E-state index < -0.39 is 10.0 Å². The summed E-state index contributed by atoms with van der Waals surface area (Å²) in [6.07, 6.45) is 0.970. The second kappa shape index (κ2) is 6.20. The van der Waals surface area contributed by atoms with Crippen LogP contribution in [0.1, 0.15) is 25.8 Å². The fourth-order valence-electron chi connectivity index (χ4n) is 1.69. The average molecular weight is 270 g/mol. The number of nitrogens with two attached hydrogens (primary N) is 1. The van der Waals surface area contributed by atoms with Gasteiger partial charge in [0.25, 0.3) is 0 Å². The van der Waals surface area contributed by atoms with Gasteiger partial charge < -0.3 is 5.73 Å². The number of rotatable bonds is 6. The van der Waals surface area contributed by atoms with Crippen LogP contribution in [0, 0.1) is 5.92 Å². The van der Waals surface area contributed by atoms with Gasteiger partial charge in [-0.05, 0) is 23.6 Å². The summed E-state index contributed by atoms with van der Waals surface area (Å²) in [5, 5.41) is 0. The summed E-state index contributed by atoms with van der Waals surface area (Å²) in [6, 6.07) is 7.01. The van der Waals surface area contributed by atoms with Crippen molar-refractivity contribution in [1.82, 2.24) is 4.31 Å². The molecule has 0 bridgehead atoms. The van der Waals surface area contributed by atoms with E-state index in [-0.39, 0.29) is 5.75 Å². The third-order valence-corrected chi connectivity index (χ3v) is 4.84. The minimum Gasteiger partial charge on any atom is -0.399 e. The van der Waals surface area contributed by atoms with E-state index in [1.807, 2.05) is 6.92 Å². The van der Waals surface area contributed by atoms with Crippen LogP contribution < -0.4 is 5.73 Å². The molecule has 1 atom stereocenters. The van der Waals surface area contributed by atoms with Gasteiger partial charge in [0.2, 0.25) is 10.0 Å².